The second-order valence-electron chi connectivity index (χ2n) is 6.70. The maximum absolute atomic E-state index is 13.1. The first-order chi connectivity index (χ1) is 14.8. The van der Waals surface area contributed by atoms with Gasteiger partial charge in [0.15, 0.2) is 0 Å². The molecule has 4 aromatic rings. The molecule has 3 N–H and O–H groups in total. The van der Waals surface area contributed by atoms with Crippen molar-refractivity contribution in [1.82, 2.24) is 4.57 Å². The highest BCUT2D eigenvalue weighted by atomic mass is 35.5. The molecule has 7 nitrogen and oxygen atoms in total. The molecule has 1 heterocycles. The fraction of sp³-hybridized carbons (Fsp3) is 0. The lowest BCUT2D eigenvalue weighted by Gasteiger charge is -2.14. The van der Waals surface area contributed by atoms with Crippen LogP contribution < -0.4 is 10.7 Å². The summed E-state index contributed by atoms with van der Waals surface area (Å²) < 4.78 is 24.3. The van der Waals surface area contributed by atoms with Gasteiger partial charge >= 0.3 is 0 Å². The lowest BCUT2D eigenvalue weighted by molar-refractivity contribution is 0.436. The predicted molar refractivity (Wildman–Crippen MR) is 121 cm³/mol. The van der Waals surface area contributed by atoms with E-state index < -0.39 is 15.6 Å². The zero-order chi connectivity index (χ0) is 22.2. The van der Waals surface area contributed by atoms with Crippen molar-refractivity contribution in [2.45, 2.75) is 4.90 Å². The van der Waals surface area contributed by atoms with E-state index in [2.05, 4.69) is 4.99 Å². The van der Waals surface area contributed by atoms with Crippen molar-refractivity contribution < 1.29 is 13.5 Å². The van der Waals surface area contributed by atoms with Gasteiger partial charge in [-0.1, -0.05) is 41.9 Å². The Balaban J connectivity index is 1.94. The molecular formula is C22H16ClN3O4S. The normalized spacial score (nSPS) is 11.9. The van der Waals surface area contributed by atoms with E-state index in [0.29, 0.717) is 27.2 Å². The fourth-order valence-corrected chi connectivity index (χ4v) is 3.96. The third-order valence-electron chi connectivity index (χ3n) is 4.66. The highest BCUT2D eigenvalue weighted by molar-refractivity contribution is 7.89. The molecule has 4 rings (SSSR count). The van der Waals surface area contributed by atoms with Crippen LogP contribution in [-0.2, 0) is 10.0 Å². The molecule has 0 saturated heterocycles. The molecule has 156 valence electrons. The molecule has 31 heavy (non-hydrogen) atoms. The number of fused-ring (bicyclic) bond motifs is 1. The van der Waals surface area contributed by atoms with Crippen LogP contribution >= 0.6 is 11.6 Å². The number of aliphatic imine (C=N–C) groups is 1. The molecule has 0 aliphatic heterocycles. The van der Waals surface area contributed by atoms with Crippen molar-refractivity contribution >= 4 is 44.3 Å². The number of aromatic nitrogens is 1. The van der Waals surface area contributed by atoms with Gasteiger partial charge in [-0.3, -0.25) is 9.79 Å². The average molecular weight is 454 g/mol. The minimum atomic E-state index is -3.88. The van der Waals surface area contributed by atoms with E-state index >= 15 is 0 Å². The van der Waals surface area contributed by atoms with Crippen LogP contribution in [-0.4, -0.2) is 24.3 Å². The number of aromatic hydroxyl groups is 1. The Kier molecular flexibility index (Phi) is 5.36. The number of hydrogen-bond donors (Lipinski definition) is 2. The zero-order valence-corrected chi connectivity index (χ0v) is 17.5. The molecule has 0 fully saturated rings. The predicted octanol–water partition coefficient (Wildman–Crippen LogP) is 3.75. The van der Waals surface area contributed by atoms with Gasteiger partial charge in [-0.2, -0.15) is 0 Å². The Morgan fingerprint density at radius 1 is 0.968 bits per heavy atom. The van der Waals surface area contributed by atoms with E-state index in [1.807, 2.05) is 0 Å². The number of primary sulfonamides is 1. The Morgan fingerprint density at radius 3 is 2.39 bits per heavy atom. The number of halogens is 1. The number of pyridine rings is 1. The van der Waals surface area contributed by atoms with Crippen molar-refractivity contribution in [3.8, 4) is 11.6 Å². The summed E-state index contributed by atoms with van der Waals surface area (Å²) in [5.41, 5.74) is 0.585. The molecule has 0 amide bonds. The quantitative estimate of drug-likeness (QED) is 0.458. The van der Waals surface area contributed by atoms with Crippen LogP contribution in [0.2, 0.25) is 5.02 Å². The first-order valence-electron chi connectivity index (χ1n) is 9.05. The molecule has 3 aromatic carbocycles. The Morgan fingerprint density at radius 2 is 1.68 bits per heavy atom. The number of rotatable bonds is 4. The minimum Gasteiger partial charge on any atom is -0.494 e. The molecule has 0 bridgehead atoms. The summed E-state index contributed by atoms with van der Waals surface area (Å²) in [5.74, 6) is -0.322. The Bertz CT molecular complexity index is 1510. The summed E-state index contributed by atoms with van der Waals surface area (Å²) in [6.07, 6.45) is 1.38. The van der Waals surface area contributed by atoms with E-state index in [-0.39, 0.29) is 16.3 Å². The molecule has 0 radical (unpaired) electrons. The second-order valence-corrected chi connectivity index (χ2v) is 8.70. The number of benzene rings is 3. The Hall–Kier alpha value is -3.46. The van der Waals surface area contributed by atoms with E-state index in [1.54, 1.807) is 54.6 Å². The molecular weight excluding hydrogens is 438 g/mol. The zero-order valence-electron chi connectivity index (χ0n) is 15.9. The second kappa shape index (κ2) is 7.99. The van der Waals surface area contributed by atoms with E-state index in [9.17, 15) is 18.3 Å². The van der Waals surface area contributed by atoms with Crippen LogP contribution in [0.4, 0.5) is 5.69 Å². The third-order valence-corrected chi connectivity index (χ3v) is 5.80. The van der Waals surface area contributed by atoms with Crippen LogP contribution in [0.3, 0.4) is 0 Å². The maximum Gasteiger partial charge on any atom is 0.265 e. The van der Waals surface area contributed by atoms with Crippen LogP contribution in [0.5, 0.6) is 5.88 Å². The van der Waals surface area contributed by atoms with Gasteiger partial charge in [0.1, 0.15) is 0 Å². The minimum absolute atomic E-state index is 0.0832. The van der Waals surface area contributed by atoms with Gasteiger partial charge < -0.3 is 5.11 Å². The first kappa shape index (κ1) is 20.8. The topological polar surface area (TPSA) is 115 Å². The molecule has 0 saturated carbocycles. The van der Waals surface area contributed by atoms with Gasteiger partial charge in [0.2, 0.25) is 15.9 Å². The number of sulfonamides is 1. The first-order valence-corrected chi connectivity index (χ1v) is 11.0. The van der Waals surface area contributed by atoms with Gasteiger partial charge in [0.25, 0.3) is 5.56 Å². The molecule has 9 heteroatoms. The SMILES string of the molecule is NS(=O)(=O)c1cccc(N=Cc2c(O)n(-c3cccc(Cl)c3)c(=O)c3ccccc23)c1. The van der Waals surface area contributed by atoms with Crippen molar-refractivity contribution in [3.05, 3.63) is 93.7 Å². The summed E-state index contributed by atoms with van der Waals surface area (Å²) in [4.78, 5) is 17.3. The monoisotopic (exact) mass is 453 g/mol. The molecule has 0 unspecified atom stereocenters. The van der Waals surface area contributed by atoms with Crippen molar-refractivity contribution in [2.75, 3.05) is 0 Å². The van der Waals surface area contributed by atoms with E-state index in [0.717, 1.165) is 4.57 Å². The standard InChI is InChI=1S/C22H16ClN3O4S/c23-14-5-3-7-16(11-14)26-21(27)19-10-2-1-9-18(19)20(22(26)28)13-25-15-6-4-8-17(12-15)31(24,29)30/h1-13,28H,(H2,24,29,30). The summed E-state index contributed by atoms with van der Waals surface area (Å²) in [7, 11) is -3.88. The fourth-order valence-electron chi connectivity index (χ4n) is 3.22. The highest BCUT2D eigenvalue weighted by Crippen LogP contribution is 2.27. The molecule has 1 aromatic heterocycles. The Labute approximate surface area is 182 Å². The number of hydrogen-bond acceptors (Lipinski definition) is 5. The van der Waals surface area contributed by atoms with Crippen molar-refractivity contribution in [3.63, 3.8) is 0 Å². The summed E-state index contributed by atoms with van der Waals surface area (Å²) in [6.45, 7) is 0. The van der Waals surface area contributed by atoms with Crippen molar-refractivity contribution in [1.29, 1.82) is 0 Å². The maximum atomic E-state index is 13.1. The van der Waals surface area contributed by atoms with Crippen LogP contribution in [0.15, 0.2) is 87.5 Å². The lowest BCUT2D eigenvalue weighted by atomic mass is 10.1. The van der Waals surface area contributed by atoms with Gasteiger partial charge in [-0.05, 0) is 42.5 Å². The highest BCUT2D eigenvalue weighted by Gasteiger charge is 2.16. The molecule has 0 aliphatic carbocycles. The van der Waals surface area contributed by atoms with Crippen LogP contribution in [0.25, 0.3) is 16.5 Å². The van der Waals surface area contributed by atoms with Crippen LogP contribution in [0.1, 0.15) is 5.56 Å². The molecule has 0 spiro atoms. The van der Waals surface area contributed by atoms with Gasteiger partial charge in [0, 0.05) is 22.0 Å². The van der Waals surface area contributed by atoms with Crippen molar-refractivity contribution in [2.24, 2.45) is 10.1 Å². The van der Waals surface area contributed by atoms with Gasteiger partial charge in [-0.15, -0.1) is 0 Å². The molecule has 0 atom stereocenters. The van der Waals surface area contributed by atoms with Crippen LogP contribution in [0, 0.1) is 0 Å². The molecule has 0 aliphatic rings. The summed E-state index contributed by atoms with van der Waals surface area (Å²) in [6, 6.07) is 19.1. The number of nitrogens with zero attached hydrogens (tertiary/aromatic N) is 2. The van der Waals surface area contributed by atoms with Gasteiger partial charge in [0.05, 0.1) is 21.8 Å². The summed E-state index contributed by atoms with van der Waals surface area (Å²) in [5, 5.41) is 17.4. The smallest absolute Gasteiger partial charge is 0.265 e. The van der Waals surface area contributed by atoms with Gasteiger partial charge in [-0.25, -0.2) is 18.1 Å². The summed E-state index contributed by atoms with van der Waals surface area (Å²) >= 11 is 6.07. The lowest BCUT2D eigenvalue weighted by Crippen LogP contribution is -2.20. The van der Waals surface area contributed by atoms with E-state index in [4.69, 9.17) is 16.7 Å². The number of nitrogens with two attached hydrogens (primary N) is 1. The third kappa shape index (κ3) is 4.09. The largest absolute Gasteiger partial charge is 0.494 e. The van der Waals surface area contributed by atoms with E-state index in [1.165, 1.54) is 24.4 Å². The average Bonchev–Trinajstić information content (AvgIpc) is 2.73.